The van der Waals surface area contributed by atoms with E-state index in [1.54, 1.807) is 11.0 Å². The number of aromatic nitrogens is 5. The fourth-order valence-corrected chi connectivity index (χ4v) is 2.49. The quantitative estimate of drug-likeness (QED) is 0.754. The Morgan fingerprint density at radius 2 is 1.96 bits per heavy atom. The van der Waals surface area contributed by atoms with Gasteiger partial charge in [-0.05, 0) is 25.5 Å². The smallest absolute Gasteiger partial charge is 0.248 e. The minimum absolute atomic E-state index is 0.125. The first-order chi connectivity index (χ1) is 11.6. The zero-order chi connectivity index (χ0) is 16.9. The molecule has 0 saturated carbocycles. The molecule has 0 aliphatic heterocycles. The first-order valence-electron chi connectivity index (χ1n) is 7.84. The summed E-state index contributed by atoms with van der Waals surface area (Å²) in [5.41, 5.74) is 3.13. The molecule has 1 aromatic carbocycles. The van der Waals surface area contributed by atoms with E-state index in [9.17, 15) is 4.79 Å². The van der Waals surface area contributed by atoms with E-state index < -0.39 is 0 Å². The molecule has 1 amide bonds. The number of carbonyl (C=O) groups is 1. The normalized spacial score (nSPS) is 10.8. The van der Waals surface area contributed by atoms with Crippen molar-refractivity contribution < 1.29 is 4.79 Å². The van der Waals surface area contributed by atoms with Crippen molar-refractivity contribution in [2.24, 2.45) is 0 Å². The highest BCUT2D eigenvalue weighted by molar-refractivity contribution is 5.88. The molecule has 0 aliphatic carbocycles. The molecular formula is C17H20N6O. The van der Waals surface area contributed by atoms with Gasteiger partial charge in [-0.25, -0.2) is 9.67 Å². The zero-order valence-corrected chi connectivity index (χ0v) is 13.8. The van der Waals surface area contributed by atoms with Crippen LogP contribution in [0.15, 0.2) is 42.7 Å². The van der Waals surface area contributed by atoms with E-state index in [1.807, 2.05) is 54.9 Å². The number of nitrogens with zero attached hydrogens (tertiary/aromatic N) is 5. The van der Waals surface area contributed by atoms with Gasteiger partial charge in [-0.3, -0.25) is 14.8 Å². The molecule has 2 heterocycles. The second kappa shape index (κ2) is 7.08. The van der Waals surface area contributed by atoms with Gasteiger partial charge in [-0.2, -0.15) is 5.10 Å². The van der Waals surface area contributed by atoms with Crippen molar-refractivity contribution in [2.45, 2.75) is 33.4 Å². The van der Waals surface area contributed by atoms with Gasteiger partial charge in [0.1, 0.15) is 6.33 Å². The standard InChI is InChI=1S/C17H20N6O/c1-13-10-14(2)23(20-13)9-8-16(24)19-17-18-12-22(21-17)11-15-6-4-3-5-7-15/h3-7,10,12H,8-9,11H2,1-2H3,(H,19,21,24). The molecule has 24 heavy (non-hydrogen) atoms. The average Bonchev–Trinajstić information content (AvgIpc) is 3.12. The molecule has 124 valence electrons. The highest BCUT2D eigenvalue weighted by atomic mass is 16.1. The van der Waals surface area contributed by atoms with Gasteiger partial charge < -0.3 is 0 Å². The first-order valence-corrected chi connectivity index (χ1v) is 7.84. The monoisotopic (exact) mass is 324 g/mol. The highest BCUT2D eigenvalue weighted by Gasteiger charge is 2.08. The van der Waals surface area contributed by atoms with Gasteiger partial charge >= 0.3 is 0 Å². The van der Waals surface area contributed by atoms with E-state index in [0.717, 1.165) is 17.0 Å². The molecule has 0 fully saturated rings. The first kappa shape index (κ1) is 15.9. The molecule has 0 atom stereocenters. The van der Waals surface area contributed by atoms with Crippen LogP contribution in [0.3, 0.4) is 0 Å². The van der Waals surface area contributed by atoms with E-state index in [-0.39, 0.29) is 5.91 Å². The van der Waals surface area contributed by atoms with Gasteiger partial charge in [0.05, 0.1) is 12.2 Å². The molecule has 0 saturated heterocycles. The number of hydrogen-bond acceptors (Lipinski definition) is 4. The lowest BCUT2D eigenvalue weighted by molar-refractivity contribution is -0.116. The van der Waals surface area contributed by atoms with Crippen molar-refractivity contribution in [3.8, 4) is 0 Å². The zero-order valence-electron chi connectivity index (χ0n) is 13.8. The molecule has 0 bridgehead atoms. The van der Waals surface area contributed by atoms with Crippen LogP contribution in [0.4, 0.5) is 5.95 Å². The van der Waals surface area contributed by atoms with Gasteiger partial charge in [0.2, 0.25) is 11.9 Å². The van der Waals surface area contributed by atoms with E-state index in [2.05, 4.69) is 20.5 Å². The summed E-state index contributed by atoms with van der Waals surface area (Å²) in [6, 6.07) is 12.0. The Morgan fingerprint density at radius 1 is 1.17 bits per heavy atom. The lowest BCUT2D eigenvalue weighted by Crippen LogP contribution is -2.16. The van der Waals surface area contributed by atoms with Gasteiger partial charge in [-0.1, -0.05) is 30.3 Å². The lowest BCUT2D eigenvalue weighted by Gasteiger charge is -2.04. The number of anilines is 1. The summed E-state index contributed by atoms with van der Waals surface area (Å²) in [6.45, 7) is 5.07. The van der Waals surface area contributed by atoms with Gasteiger partial charge in [-0.15, -0.1) is 5.10 Å². The van der Waals surface area contributed by atoms with Gasteiger partial charge in [0.15, 0.2) is 0 Å². The fourth-order valence-electron chi connectivity index (χ4n) is 2.49. The summed E-state index contributed by atoms with van der Waals surface area (Å²) < 4.78 is 3.53. The van der Waals surface area contributed by atoms with E-state index in [4.69, 9.17) is 0 Å². The number of rotatable bonds is 6. The number of amides is 1. The number of aryl methyl sites for hydroxylation is 3. The van der Waals surface area contributed by atoms with Crippen molar-refractivity contribution >= 4 is 11.9 Å². The molecule has 0 unspecified atom stereocenters. The van der Waals surface area contributed by atoms with Crippen LogP contribution in [0.1, 0.15) is 23.4 Å². The van der Waals surface area contributed by atoms with Crippen LogP contribution in [-0.4, -0.2) is 30.5 Å². The Kier molecular flexibility index (Phi) is 4.69. The molecule has 7 nitrogen and oxygen atoms in total. The largest absolute Gasteiger partial charge is 0.293 e. The predicted molar refractivity (Wildman–Crippen MR) is 90.5 cm³/mol. The van der Waals surface area contributed by atoms with Crippen LogP contribution in [-0.2, 0) is 17.9 Å². The van der Waals surface area contributed by atoms with Crippen molar-refractivity contribution in [1.82, 2.24) is 24.5 Å². The Bertz CT molecular complexity index is 821. The highest BCUT2D eigenvalue weighted by Crippen LogP contribution is 2.05. The summed E-state index contributed by atoms with van der Waals surface area (Å²) in [4.78, 5) is 16.2. The minimum atomic E-state index is -0.125. The molecule has 0 radical (unpaired) electrons. The number of benzene rings is 1. The molecule has 1 N–H and O–H groups in total. The second-order valence-electron chi connectivity index (χ2n) is 5.70. The van der Waals surface area contributed by atoms with Crippen LogP contribution in [0.2, 0.25) is 0 Å². The maximum atomic E-state index is 12.0. The van der Waals surface area contributed by atoms with Crippen molar-refractivity contribution in [2.75, 3.05) is 5.32 Å². The average molecular weight is 324 g/mol. The maximum absolute atomic E-state index is 12.0. The van der Waals surface area contributed by atoms with E-state index in [0.29, 0.717) is 25.5 Å². The van der Waals surface area contributed by atoms with Gasteiger partial charge in [0, 0.05) is 18.7 Å². The summed E-state index contributed by atoms with van der Waals surface area (Å²) in [7, 11) is 0. The van der Waals surface area contributed by atoms with Crippen LogP contribution >= 0.6 is 0 Å². The van der Waals surface area contributed by atoms with Gasteiger partial charge in [0.25, 0.3) is 0 Å². The molecule has 0 spiro atoms. The fraction of sp³-hybridized carbons (Fsp3) is 0.294. The molecule has 3 rings (SSSR count). The van der Waals surface area contributed by atoms with Crippen molar-refractivity contribution in [3.63, 3.8) is 0 Å². The van der Waals surface area contributed by atoms with Crippen molar-refractivity contribution in [1.29, 1.82) is 0 Å². The minimum Gasteiger partial charge on any atom is -0.293 e. The molecule has 3 aromatic rings. The van der Waals surface area contributed by atoms with Crippen LogP contribution < -0.4 is 5.32 Å². The van der Waals surface area contributed by atoms with E-state index in [1.165, 1.54) is 0 Å². The molecule has 2 aromatic heterocycles. The summed E-state index contributed by atoms with van der Waals surface area (Å²) in [5.74, 6) is 0.198. The summed E-state index contributed by atoms with van der Waals surface area (Å²) >= 11 is 0. The Morgan fingerprint density at radius 3 is 2.67 bits per heavy atom. The Hall–Kier alpha value is -2.96. The predicted octanol–water partition coefficient (Wildman–Crippen LogP) is 2.17. The SMILES string of the molecule is Cc1cc(C)n(CCC(=O)Nc2ncn(Cc3ccccc3)n2)n1. The molecule has 0 aliphatic rings. The third-order valence-corrected chi connectivity index (χ3v) is 3.63. The number of hydrogen-bond donors (Lipinski definition) is 1. The number of nitrogens with one attached hydrogen (secondary N) is 1. The third-order valence-electron chi connectivity index (χ3n) is 3.63. The summed E-state index contributed by atoms with van der Waals surface area (Å²) in [6.07, 6.45) is 1.94. The maximum Gasteiger partial charge on any atom is 0.248 e. The van der Waals surface area contributed by atoms with E-state index >= 15 is 0 Å². The van der Waals surface area contributed by atoms with Crippen molar-refractivity contribution in [3.05, 3.63) is 59.7 Å². The Labute approximate surface area is 140 Å². The van der Waals surface area contributed by atoms with Crippen LogP contribution in [0, 0.1) is 13.8 Å². The molecule has 7 heteroatoms. The topological polar surface area (TPSA) is 77.6 Å². The Balaban J connectivity index is 1.52. The van der Waals surface area contributed by atoms with Crippen LogP contribution in [0.25, 0.3) is 0 Å². The summed E-state index contributed by atoms with van der Waals surface area (Å²) in [5, 5.41) is 11.3. The second-order valence-corrected chi connectivity index (χ2v) is 5.70. The molecular weight excluding hydrogens is 304 g/mol. The number of carbonyl (C=O) groups excluding carboxylic acids is 1. The third kappa shape index (κ3) is 4.07. The van der Waals surface area contributed by atoms with Crippen LogP contribution in [0.5, 0.6) is 0 Å². The lowest BCUT2D eigenvalue weighted by atomic mass is 10.2.